The van der Waals surface area contributed by atoms with Crippen LogP contribution in [0.15, 0.2) is 60.7 Å². The minimum absolute atomic E-state index is 0.0251. The molecule has 0 spiro atoms. The van der Waals surface area contributed by atoms with Gasteiger partial charge in [0.15, 0.2) is 11.5 Å². The van der Waals surface area contributed by atoms with E-state index in [0.717, 1.165) is 53.6 Å². The Hall–Kier alpha value is -3.06. The number of carbonyl (C=O) groups excluding carboxylic acids is 1. The van der Waals surface area contributed by atoms with E-state index in [1.807, 2.05) is 86.3 Å². The first-order valence-electron chi connectivity index (χ1n) is 14.1. The topological polar surface area (TPSA) is 68.2 Å². The predicted octanol–water partition coefficient (Wildman–Crippen LogP) is 6.73. The molecule has 2 saturated heterocycles. The average molecular weight is 562 g/mol. The van der Waals surface area contributed by atoms with E-state index < -0.39 is 17.2 Å². The van der Waals surface area contributed by atoms with Gasteiger partial charge < -0.3 is 24.2 Å². The second-order valence-electron chi connectivity index (χ2n) is 11.7. The molecule has 0 aromatic heterocycles. The van der Waals surface area contributed by atoms with Crippen molar-refractivity contribution >= 4 is 23.2 Å². The van der Waals surface area contributed by atoms with Gasteiger partial charge in [0, 0.05) is 10.7 Å². The van der Waals surface area contributed by atoms with Gasteiger partial charge in [-0.15, -0.1) is 0 Å². The van der Waals surface area contributed by atoms with E-state index in [9.17, 15) is 9.90 Å². The van der Waals surface area contributed by atoms with Crippen LogP contribution in [0.2, 0.25) is 5.02 Å². The van der Waals surface area contributed by atoms with Gasteiger partial charge in [-0.05, 0) is 105 Å². The maximum atomic E-state index is 13.8. The molecule has 6 nitrogen and oxygen atoms in total. The number of fused-ring (bicyclic) bond motifs is 3. The Morgan fingerprint density at radius 2 is 1.73 bits per heavy atom. The van der Waals surface area contributed by atoms with E-state index in [4.69, 9.17) is 25.8 Å². The molecule has 3 aromatic rings. The van der Waals surface area contributed by atoms with Crippen LogP contribution in [0.1, 0.15) is 74.8 Å². The molecule has 210 valence electrons. The quantitative estimate of drug-likeness (QED) is 0.346. The van der Waals surface area contributed by atoms with Gasteiger partial charge in [0.05, 0.1) is 31.8 Å². The summed E-state index contributed by atoms with van der Waals surface area (Å²) in [6.07, 6.45) is 4.14. The predicted molar refractivity (Wildman–Crippen MR) is 155 cm³/mol. The van der Waals surface area contributed by atoms with Gasteiger partial charge in [-0.2, -0.15) is 0 Å². The van der Waals surface area contributed by atoms with Crippen LogP contribution in [0, 0.1) is 0 Å². The smallest absolute Gasteiger partial charge is 0.232 e. The Morgan fingerprint density at radius 3 is 2.30 bits per heavy atom. The van der Waals surface area contributed by atoms with Gasteiger partial charge in [0.25, 0.3) is 0 Å². The number of benzene rings is 3. The molecule has 2 bridgehead atoms. The lowest BCUT2D eigenvalue weighted by Crippen LogP contribution is -2.48. The summed E-state index contributed by atoms with van der Waals surface area (Å²) in [7, 11) is 1.61. The lowest BCUT2D eigenvalue weighted by atomic mass is 9.73. The molecule has 6 rings (SSSR count). The molecule has 2 fully saturated rings. The maximum Gasteiger partial charge on any atom is 0.232 e. The third kappa shape index (κ3) is 4.47. The largest absolute Gasteiger partial charge is 0.493 e. The number of ether oxygens (including phenoxy) is 3. The highest BCUT2D eigenvalue weighted by Crippen LogP contribution is 2.53. The van der Waals surface area contributed by atoms with E-state index >= 15 is 0 Å². The number of hydrogen-bond donors (Lipinski definition) is 1. The zero-order chi connectivity index (χ0) is 28.2. The summed E-state index contributed by atoms with van der Waals surface area (Å²) in [6.45, 7) is 5.81. The van der Waals surface area contributed by atoms with Gasteiger partial charge in [-0.25, -0.2) is 0 Å². The number of halogens is 1. The molecule has 3 aliphatic heterocycles. The highest BCUT2D eigenvalue weighted by Gasteiger charge is 2.57. The second-order valence-corrected chi connectivity index (χ2v) is 12.1. The number of aliphatic hydroxyl groups is 1. The number of amides is 1. The van der Waals surface area contributed by atoms with Crippen LogP contribution in [-0.2, 0) is 21.6 Å². The Balaban J connectivity index is 1.42. The van der Waals surface area contributed by atoms with Gasteiger partial charge >= 0.3 is 0 Å². The number of anilines is 1. The summed E-state index contributed by atoms with van der Waals surface area (Å²) >= 11 is 6.24. The second kappa shape index (κ2) is 10.1. The molecule has 3 heterocycles. The van der Waals surface area contributed by atoms with Gasteiger partial charge in [-0.1, -0.05) is 35.9 Å². The molecule has 7 heteroatoms. The van der Waals surface area contributed by atoms with Crippen molar-refractivity contribution in [1.29, 1.82) is 0 Å². The molecular weight excluding hydrogens is 526 g/mol. The molecule has 0 saturated carbocycles. The average Bonchev–Trinajstić information content (AvgIpc) is 3.56. The molecule has 2 atom stereocenters. The van der Waals surface area contributed by atoms with Crippen LogP contribution in [0.3, 0.4) is 0 Å². The van der Waals surface area contributed by atoms with E-state index in [2.05, 4.69) is 0 Å². The summed E-state index contributed by atoms with van der Waals surface area (Å²) in [5.74, 6) is 1.22. The Morgan fingerprint density at radius 1 is 1.05 bits per heavy atom. The van der Waals surface area contributed by atoms with Crippen molar-refractivity contribution in [3.63, 3.8) is 0 Å². The first-order valence-corrected chi connectivity index (χ1v) is 14.5. The summed E-state index contributed by atoms with van der Waals surface area (Å²) in [4.78, 5) is 15.7. The van der Waals surface area contributed by atoms with Crippen molar-refractivity contribution < 1.29 is 24.1 Å². The molecule has 0 aliphatic carbocycles. The molecule has 1 unspecified atom stereocenters. The Labute approximate surface area is 240 Å². The summed E-state index contributed by atoms with van der Waals surface area (Å²) in [5.41, 5.74) is 2.70. The fourth-order valence-electron chi connectivity index (χ4n) is 6.75. The van der Waals surface area contributed by atoms with Crippen molar-refractivity contribution in [2.24, 2.45) is 0 Å². The van der Waals surface area contributed by atoms with E-state index in [1.165, 1.54) is 0 Å². The molecule has 3 aromatic carbocycles. The van der Waals surface area contributed by atoms with E-state index in [0.29, 0.717) is 16.5 Å². The van der Waals surface area contributed by atoms with E-state index in [1.54, 1.807) is 7.11 Å². The number of nitrogens with zero attached hydrogens (tertiary/aromatic N) is 1. The zero-order valence-corrected chi connectivity index (χ0v) is 24.2. The van der Waals surface area contributed by atoms with Crippen LogP contribution in [0.4, 0.5) is 5.69 Å². The Bertz CT molecular complexity index is 1410. The Kier molecular flexibility index (Phi) is 6.84. The fraction of sp³-hybridized carbons (Fsp3) is 0.424. The number of methoxy groups -OCH3 is 1. The normalized spacial score (nSPS) is 25.2. The third-order valence-corrected chi connectivity index (χ3v) is 9.12. The first-order chi connectivity index (χ1) is 19.1. The van der Waals surface area contributed by atoms with Crippen molar-refractivity contribution in [2.45, 2.75) is 82.3 Å². The van der Waals surface area contributed by atoms with Crippen molar-refractivity contribution in [3.8, 4) is 11.5 Å². The summed E-state index contributed by atoms with van der Waals surface area (Å²) in [5, 5.41) is 12.3. The summed E-state index contributed by atoms with van der Waals surface area (Å²) in [6, 6.07) is 18.9. The van der Waals surface area contributed by atoms with Gasteiger partial charge in [0.2, 0.25) is 5.91 Å². The van der Waals surface area contributed by atoms with Crippen LogP contribution in [-0.4, -0.2) is 35.9 Å². The number of rotatable bonds is 7. The van der Waals surface area contributed by atoms with Crippen LogP contribution < -0.4 is 14.4 Å². The molecular formula is C33H36ClNO5. The number of hydrogen-bond acceptors (Lipinski definition) is 5. The number of carbonyl (C=O) groups is 1. The maximum absolute atomic E-state index is 13.8. The lowest BCUT2D eigenvalue weighted by Gasteiger charge is -2.41. The third-order valence-electron chi connectivity index (χ3n) is 8.86. The molecule has 1 amide bonds. The zero-order valence-electron chi connectivity index (χ0n) is 23.4. The van der Waals surface area contributed by atoms with Gasteiger partial charge in [-0.3, -0.25) is 4.79 Å². The standard InChI is InChI=1S/C33H36ClNO5/c1-20(2)39-29-19-27-22(17-28(29)38-4)18-30(36)35(31(27)21-5-9-24(34)10-6-21)25-11-7-23(8-12-25)32(3,37)33-15-13-26(40-33)14-16-33/h5-12,17,19-20,26,31,37H,13-16,18H2,1-4H3/t26?,31?,32-,33?/m0/s1. The van der Waals surface area contributed by atoms with Crippen molar-refractivity contribution in [3.05, 3.63) is 87.9 Å². The van der Waals surface area contributed by atoms with Crippen LogP contribution in [0.5, 0.6) is 11.5 Å². The van der Waals surface area contributed by atoms with Crippen LogP contribution in [0.25, 0.3) is 0 Å². The molecule has 40 heavy (non-hydrogen) atoms. The van der Waals surface area contributed by atoms with Crippen LogP contribution >= 0.6 is 11.6 Å². The van der Waals surface area contributed by atoms with Crippen molar-refractivity contribution in [2.75, 3.05) is 12.0 Å². The minimum atomic E-state index is -1.12. The van der Waals surface area contributed by atoms with E-state index in [-0.39, 0.29) is 24.5 Å². The summed E-state index contributed by atoms with van der Waals surface area (Å²) < 4.78 is 18.0. The molecule has 0 radical (unpaired) electrons. The fourth-order valence-corrected chi connectivity index (χ4v) is 6.88. The minimum Gasteiger partial charge on any atom is -0.493 e. The first kappa shape index (κ1) is 27.1. The highest BCUT2D eigenvalue weighted by atomic mass is 35.5. The van der Waals surface area contributed by atoms with Crippen molar-refractivity contribution in [1.82, 2.24) is 0 Å². The monoisotopic (exact) mass is 561 g/mol. The SMILES string of the molecule is COc1cc2c(cc1OC(C)C)C(c1ccc(Cl)cc1)N(c1ccc([C@](C)(O)C34CCC(CC3)O4)cc1)C(=O)C2. The molecule has 1 N–H and O–H groups in total. The lowest BCUT2D eigenvalue weighted by molar-refractivity contribution is -0.146. The van der Waals surface area contributed by atoms with Gasteiger partial charge in [0.1, 0.15) is 11.2 Å². The highest BCUT2D eigenvalue weighted by molar-refractivity contribution is 6.30. The molecule has 3 aliphatic rings.